The minimum Gasteiger partial charge on any atom is -0.294 e. The fraction of sp³-hybridized carbons (Fsp3) is 0.375. The van der Waals surface area contributed by atoms with Gasteiger partial charge in [-0.25, -0.2) is 0 Å². The maximum Gasteiger partial charge on any atom is 0.161 e. The quantitative estimate of drug-likeness (QED) is 0.416. The predicted octanol–water partition coefficient (Wildman–Crippen LogP) is 2.10. The molecule has 0 aromatic rings. The van der Waals surface area contributed by atoms with Gasteiger partial charge in [0.05, 0.1) is 0 Å². The molecule has 0 bridgehead atoms. The lowest BCUT2D eigenvalue weighted by Crippen LogP contribution is -1.94. The van der Waals surface area contributed by atoms with Crippen LogP contribution in [0.5, 0.6) is 0 Å². The van der Waals surface area contributed by atoms with Crippen molar-refractivity contribution in [3.05, 3.63) is 24.3 Å². The normalized spacial score (nSPS) is 10.0. The van der Waals surface area contributed by atoms with Crippen molar-refractivity contribution in [2.45, 2.75) is 20.3 Å². The van der Waals surface area contributed by atoms with Crippen molar-refractivity contribution in [3.63, 3.8) is 0 Å². The number of Topliss-reactive ketones (excluding diaryl/α,β-unsaturated/α-hetero) is 1. The van der Waals surface area contributed by atoms with Gasteiger partial charge >= 0.3 is 0 Å². The fourth-order valence-electron chi connectivity index (χ4n) is 0.521. The summed E-state index contributed by atoms with van der Waals surface area (Å²) in [6.45, 7) is 7.28. The van der Waals surface area contributed by atoms with Crippen LogP contribution in [-0.4, -0.2) is 5.78 Å². The Morgan fingerprint density at radius 3 is 2.56 bits per heavy atom. The first kappa shape index (κ1) is 8.15. The molecule has 0 aliphatic rings. The van der Waals surface area contributed by atoms with Crippen LogP contribution in [0.2, 0.25) is 0 Å². The summed E-state index contributed by atoms with van der Waals surface area (Å²) >= 11 is 0. The summed E-state index contributed by atoms with van der Waals surface area (Å²) in [5.74, 6) is 0.119. The molecule has 9 heavy (non-hydrogen) atoms. The molecule has 0 aromatic heterocycles. The van der Waals surface area contributed by atoms with Crippen molar-refractivity contribution in [3.8, 4) is 0 Å². The van der Waals surface area contributed by atoms with Gasteiger partial charge in [0, 0.05) is 12.0 Å². The molecule has 1 nitrogen and oxygen atoms in total. The van der Waals surface area contributed by atoms with Crippen LogP contribution in [0.1, 0.15) is 20.3 Å². The van der Waals surface area contributed by atoms with E-state index in [1.54, 1.807) is 6.08 Å². The number of hydrogen-bond acceptors (Lipinski definition) is 1. The summed E-state index contributed by atoms with van der Waals surface area (Å²) in [7, 11) is 0. The van der Waals surface area contributed by atoms with Gasteiger partial charge in [-0.05, 0) is 6.92 Å². The summed E-state index contributed by atoms with van der Waals surface area (Å²) in [5, 5.41) is 0. The average Bonchev–Trinajstić information content (AvgIpc) is 1.87. The van der Waals surface area contributed by atoms with Crippen LogP contribution in [0.25, 0.3) is 0 Å². The maximum absolute atomic E-state index is 10.8. The molecule has 0 saturated heterocycles. The Morgan fingerprint density at radius 1 is 1.67 bits per heavy atom. The Hall–Kier alpha value is -0.850. The monoisotopic (exact) mass is 124 g/mol. The van der Waals surface area contributed by atoms with Gasteiger partial charge in [-0.1, -0.05) is 25.7 Å². The van der Waals surface area contributed by atoms with E-state index in [-0.39, 0.29) is 5.78 Å². The van der Waals surface area contributed by atoms with Gasteiger partial charge in [0.15, 0.2) is 5.78 Å². The van der Waals surface area contributed by atoms with Crippen LogP contribution in [-0.2, 0) is 4.79 Å². The van der Waals surface area contributed by atoms with Crippen molar-refractivity contribution < 1.29 is 4.79 Å². The highest BCUT2D eigenvalue weighted by Gasteiger charge is 1.97. The van der Waals surface area contributed by atoms with Crippen LogP contribution >= 0.6 is 0 Å². The molecule has 0 spiro atoms. The molecule has 0 aliphatic carbocycles. The molecule has 1 heteroatoms. The molecular weight excluding hydrogens is 112 g/mol. The number of ketones is 1. The molecule has 0 heterocycles. The molecule has 0 amide bonds. The summed E-state index contributed by atoms with van der Waals surface area (Å²) in [5.41, 5.74) is 0.597. The minimum atomic E-state index is 0.119. The Bertz CT molecular complexity index is 143. The predicted molar refractivity (Wildman–Crippen MR) is 39.3 cm³/mol. The van der Waals surface area contributed by atoms with E-state index in [9.17, 15) is 4.79 Å². The van der Waals surface area contributed by atoms with Crippen molar-refractivity contribution in [2.24, 2.45) is 0 Å². The molecule has 0 aromatic carbocycles. The molecule has 0 radical (unpaired) electrons. The van der Waals surface area contributed by atoms with E-state index < -0.39 is 0 Å². The maximum atomic E-state index is 10.8. The Labute approximate surface area is 56.1 Å². The van der Waals surface area contributed by atoms with Gasteiger partial charge < -0.3 is 0 Å². The first-order chi connectivity index (χ1) is 4.22. The molecule has 0 aliphatic heterocycles. The standard InChI is InChI=1S/C8H12O/c1-4-6-7(3)8(9)5-2/h4,6H,3,5H2,1-2H3/b6-4-. The summed E-state index contributed by atoms with van der Waals surface area (Å²) in [6, 6.07) is 0. The zero-order chi connectivity index (χ0) is 7.28. The van der Waals surface area contributed by atoms with E-state index >= 15 is 0 Å². The zero-order valence-electron chi connectivity index (χ0n) is 5.98. The van der Waals surface area contributed by atoms with Crippen LogP contribution in [0.3, 0.4) is 0 Å². The number of rotatable bonds is 3. The van der Waals surface area contributed by atoms with E-state index in [1.807, 2.05) is 19.9 Å². The summed E-state index contributed by atoms with van der Waals surface area (Å²) in [4.78, 5) is 10.8. The number of carbonyl (C=O) groups is 1. The van der Waals surface area contributed by atoms with E-state index in [1.165, 1.54) is 0 Å². The first-order valence-electron chi connectivity index (χ1n) is 3.07. The molecular formula is C8H12O. The van der Waals surface area contributed by atoms with Crippen LogP contribution < -0.4 is 0 Å². The van der Waals surface area contributed by atoms with Crippen molar-refractivity contribution >= 4 is 5.78 Å². The molecule has 0 atom stereocenters. The van der Waals surface area contributed by atoms with Crippen molar-refractivity contribution in [1.82, 2.24) is 0 Å². The Balaban J connectivity index is 3.89. The van der Waals surface area contributed by atoms with Crippen LogP contribution in [0.4, 0.5) is 0 Å². The third-order valence-electron chi connectivity index (χ3n) is 1.05. The second-order valence-electron chi connectivity index (χ2n) is 1.80. The molecule has 0 fully saturated rings. The topological polar surface area (TPSA) is 17.1 Å². The van der Waals surface area contributed by atoms with Gasteiger partial charge in [-0.15, -0.1) is 0 Å². The summed E-state index contributed by atoms with van der Waals surface area (Å²) in [6.07, 6.45) is 4.09. The highest BCUT2D eigenvalue weighted by molar-refractivity contribution is 5.96. The number of carbonyl (C=O) groups excluding carboxylic acids is 1. The zero-order valence-corrected chi connectivity index (χ0v) is 5.98. The lowest BCUT2D eigenvalue weighted by Gasteiger charge is -1.91. The second kappa shape index (κ2) is 4.07. The molecule has 0 unspecified atom stereocenters. The third kappa shape index (κ3) is 2.85. The van der Waals surface area contributed by atoms with Gasteiger partial charge in [0.1, 0.15) is 0 Å². The van der Waals surface area contributed by atoms with Crippen molar-refractivity contribution in [2.75, 3.05) is 0 Å². The fourth-order valence-corrected chi connectivity index (χ4v) is 0.521. The Morgan fingerprint density at radius 2 is 2.22 bits per heavy atom. The highest BCUT2D eigenvalue weighted by atomic mass is 16.1. The third-order valence-corrected chi connectivity index (χ3v) is 1.05. The van der Waals surface area contributed by atoms with E-state index in [0.717, 1.165) is 0 Å². The first-order valence-corrected chi connectivity index (χ1v) is 3.07. The lowest BCUT2D eigenvalue weighted by molar-refractivity contribution is -0.114. The largest absolute Gasteiger partial charge is 0.294 e. The molecule has 0 N–H and O–H groups in total. The lowest BCUT2D eigenvalue weighted by atomic mass is 10.1. The van der Waals surface area contributed by atoms with Gasteiger partial charge in [0.2, 0.25) is 0 Å². The molecule has 0 rings (SSSR count). The van der Waals surface area contributed by atoms with E-state index in [0.29, 0.717) is 12.0 Å². The van der Waals surface area contributed by atoms with Crippen LogP contribution in [0.15, 0.2) is 24.3 Å². The van der Waals surface area contributed by atoms with Crippen LogP contribution in [0, 0.1) is 0 Å². The highest BCUT2D eigenvalue weighted by Crippen LogP contribution is 1.97. The van der Waals surface area contributed by atoms with E-state index in [4.69, 9.17) is 0 Å². The number of allylic oxidation sites excluding steroid dienone is 3. The number of hydrogen-bond donors (Lipinski definition) is 0. The second-order valence-corrected chi connectivity index (χ2v) is 1.80. The van der Waals surface area contributed by atoms with Crippen molar-refractivity contribution in [1.29, 1.82) is 0 Å². The smallest absolute Gasteiger partial charge is 0.161 e. The molecule has 0 saturated carbocycles. The van der Waals surface area contributed by atoms with E-state index in [2.05, 4.69) is 6.58 Å². The summed E-state index contributed by atoms with van der Waals surface area (Å²) < 4.78 is 0. The average molecular weight is 124 g/mol. The van der Waals surface area contributed by atoms with Gasteiger partial charge in [-0.3, -0.25) is 4.79 Å². The Kier molecular flexibility index (Phi) is 3.69. The SMILES string of the molecule is C=C(/C=C\C)C(=O)CC. The molecule has 50 valence electrons. The van der Waals surface area contributed by atoms with Gasteiger partial charge in [0.25, 0.3) is 0 Å². The minimum absolute atomic E-state index is 0.119. The van der Waals surface area contributed by atoms with Gasteiger partial charge in [-0.2, -0.15) is 0 Å².